The van der Waals surface area contributed by atoms with Crippen molar-refractivity contribution in [1.82, 2.24) is 9.55 Å². The molecule has 0 saturated heterocycles. The van der Waals surface area contributed by atoms with Gasteiger partial charge >= 0.3 is 0 Å². The second-order valence-corrected chi connectivity index (χ2v) is 2.69. The highest BCUT2D eigenvalue weighted by Crippen LogP contribution is 1.95. The molecular formula is C7H6ClN3O. The maximum Gasteiger partial charge on any atom is 0.269 e. The molecule has 0 spiro atoms. The van der Waals surface area contributed by atoms with Crippen LogP contribution in [0.5, 0.6) is 0 Å². The van der Waals surface area contributed by atoms with Crippen LogP contribution in [0.15, 0.2) is 23.4 Å². The molecule has 0 fully saturated rings. The highest BCUT2D eigenvalue weighted by molar-refractivity contribution is 6.22. The molecule has 0 aliphatic rings. The monoisotopic (exact) mass is 183 g/mol. The maximum absolute atomic E-state index is 11.0. The lowest BCUT2D eigenvalue weighted by Gasteiger charge is -2.02. The molecule has 1 aromatic heterocycles. The highest BCUT2D eigenvalue weighted by Gasteiger charge is 2.03. The van der Waals surface area contributed by atoms with E-state index in [1.54, 1.807) is 0 Å². The smallest absolute Gasteiger partial charge is 0.269 e. The SMILES string of the molecule is N#CC(Cl)Cn1ccncc1=O. The molecular weight excluding hydrogens is 178 g/mol. The number of nitrogens with zero attached hydrogens (tertiary/aromatic N) is 3. The third kappa shape index (κ3) is 2.07. The summed E-state index contributed by atoms with van der Waals surface area (Å²) in [6, 6.07) is 1.83. The van der Waals surface area contributed by atoms with Gasteiger partial charge in [0.1, 0.15) is 5.38 Å². The molecule has 0 bridgehead atoms. The molecule has 0 aliphatic heterocycles. The Kier molecular flexibility index (Phi) is 2.83. The summed E-state index contributed by atoms with van der Waals surface area (Å²) in [5.74, 6) is 0. The van der Waals surface area contributed by atoms with Gasteiger partial charge in [-0.2, -0.15) is 5.26 Å². The van der Waals surface area contributed by atoms with Crippen LogP contribution in [0, 0.1) is 11.3 Å². The van der Waals surface area contributed by atoms with E-state index in [9.17, 15) is 4.79 Å². The largest absolute Gasteiger partial charge is 0.310 e. The highest BCUT2D eigenvalue weighted by atomic mass is 35.5. The van der Waals surface area contributed by atoms with Crippen molar-refractivity contribution in [3.05, 3.63) is 28.9 Å². The summed E-state index contributed by atoms with van der Waals surface area (Å²) in [6.07, 6.45) is 4.15. The number of halogens is 1. The van der Waals surface area contributed by atoms with Crippen molar-refractivity contribution < 1.29 is 0 Å². The minimum absolute atomic E-state index is 0.194. The fourth-order valence-electron chi connectivity index (χ4n) is 0.738. The van der Waals surface area contributed by atoms with Gasteiger partial charge in [0.15, 0.2) is 0 Å². The fraction of sp³-hybridized carbons (Fsp3) is 0.286. The number of alkyl halides is 1. The van der Waals surface area contributed by atoms with Gasteiger partial charge in [-0.05, 0) is 0 Å². The molecule has 0 saturated carbocycles. The standard InChI is InChI=1S/C7H6ClN3O/c8-6(3-9)5-11-2-1-10-4-7(11)12/h1-2,4,6H,5H2. The molecule has 1 atom stereocenters. The number of hydrogen-bond donors (Lipinski definition) is 0. The summed E-state index contributed by atoms with van der Waals surface area (Å²) in [5.41, 5.74) is -0.251. The zero-order valence-electron chi connectivity index (χ0n) is 6.14. The van der Waals surface area contributed by atoms with Gasteiger partial charge in [0.05, 0.1) is 18.8 Å². The summed E-state index contributed by atoms with van der Waals surface area (Å²) in [5, 5.41) is 7.70. The fourth-order valence-corrected chi connectivity index (χ4v) is 0.886. The van der Waals surface area contributed by atoms with Crippen LogP contribution < -0.4 is 5.56 Å². The predicted molar refractivity (Wildman–Crippen MR) is 43.8 cm³/mol. The van der Waals surface area contributed by atoms with Crippen molar-refractivity contribution in [3.8, 4) is 6.07 Å². The van der Waals surface area contributed by atoms with E-state index in [0.717, 1.165) is 0 Å². The molecule has 62 valence electrons. The van der Waals surface area contributed by atoms with Gasteiger partial charge in [-0.1, -0.05) is 0 Å². The molecule has 1 aromatic rings. The average Bonchev–Trinajstić information content (AvgIpc) is 2.09. The number of hydrogen-bond acceptors (Lipinski definition) is 3. The first-order chi connectivity index (χ1) is 5.74. The average molecular weight is 184 g/mol. The van der Waals surface area contributed by atoms with E-state index in [2.05, 4.69) is 4.98 Å². The molecule has 0 amide bonds. The molecule has 0 radical (unpaired) electrons. The van der Waals surface area contributed by atoms with Gasteiger partial charge in [0, 0.05) is 12.4 Å². The molecule has 1 unspecified atom stereocenters. The van der Waals surface area contributed by atoms with Crippen LogP contribution >= 0.6 is 11.6 Å². The first-order valence-corrected chi connectivity index (χ1v) is 3.72. The normalized spacial score (nSPS) is 12.0. The molecule has 1 rings (SSSR count). The van der Waals surface area contributed by atoms with Crippen molar-refractivity contribution >= 4 is 11.6 Å². The third-order valence-electron chi connectivity index (χ3n) is 1.30. The number of nitriles is 1. The van der Waals surface area contributed by atoms with Crippen LogP contribution in [0.1, 0.15) is 0 Å². The summed E-state index contributed by atoms with van der Waals surface area (Å²) in [6.45, 7) is 0.194. The van der Waals surface area contributed by atoms with Gasteiger partial charge < -0.3 is 4.57 Å². The summed E-state index contributed by atoms with van der Waals surface area (Å²) >= 11 is 5.53. The van der Waals surface area contributed by atoms with Crippen LogP contribution in [0.3, 0.4) is 0 Å². The van der Waals surface area contributed by atoms with Crippen molar-refractivity contribution in [3.63, 3.8) is 0 Å². The molecule has 0 aliphatic carbocycles. The van der Waals surface area contributed by atoms with Crippen LogP contribution in [-0.4, -0.2) is 14.9 Å². The Morgan fingerprint density at radius 2 is 2.58 bits per heavy atom. The van der Waals surface area contributed by atoms with Crippen LogP contribution in [0.2, 0.25) is 0 Å². The van der Waals surface area contributed by atoms with Crippen LogP contribution in [0.4, 0.5) is 0 Å². The maximum atomic E-state index is 11.0. The number of rotatable bonds is 2. The van der Waals surface area contributed by atoms with E-state index in [0.29, 0.717) is 0 Å². The van der Waals surface area contributed by atoms with E-state index in [4.69, 9.17) is 16.9 Å². The molecule has 4 nitrogen and oxygen atoms in total. The van der Waals surface area contributed by atoms with Crippen molar-refractivity contribution in [2.45, 2.75) is 11.9 Å². The van der Waals surface area contributed by atoms with Crippen molar-refractivity contribution in [2.75, 3.05) is 0 Å². The molecule has 0 aromatic carbocycles. The Balaban J connectivity index is 2.85. The second kappa shape index (κ2) is 3.88. The van der Waals surface area contributed by atoms with Gasteiger partial charge in [-0.25, -0.2) is 0 Å². The molecule has 5 heteroatoms. The summed E-state index contributed by atoms with van der Waals surface area (Å²) < 4.78 is 1.34. The molecule has 0 N–H and O–H groups in total. The summed E-state index contributed by atoms with van der Waals surface area (Å²) in [4.78, 5) is 14.6. The van der Waals surface area contributed by atoms with Gasteiger partial charge in [0.2, 0.25) is 0 Å². The Hall–Kier alpha value is -1.34. The zero-order valence-corrected chi connectivity index (χ0v) is 6.90. The lowest BCUT2D eigenvalue weighted by molar-refractivity contribution is 0.683. The Morgan fingerprint density at radius 1 is 1.83 bits per heavy atom. The Morgan fingerprint density at radius 3 is 3.17 bits per heavy atom. The first-order valence-electron chi connectivity index (χ1n) is 3.28. The predicted octanol–water partition coefficient (Wildman–Crippen LogP) is 0.374. The topological polar surface area (TPSA) is 58.7 Å². The van der Waals surface area contributed by atoms with E-state index in [1.165, 1.54) is 23.2 Å². The van der Waals surface area contributed by atoms with E-state index in [1.807, 2.05) is 6.07 Å². The van der Waals surface area contributed by atoms with Crippen molar-refractivity contribution in [2.24, 2.45) is 0 Å². The third-order valence-corrected chi connectivity index (χ3v) is 1.53. The van der Waals surface area contributed by atoms with E-state index < -0.39 is 5.38 Å². The quantitative estimate of drug-likeness (QED) is 0.623. The van der Waals surface area contributed by atoms with Gasteiger partial charge in [-0.3, -0.25) is 9.78 Å². The zero-order chi connectivity index (χ0) is 8.97. The molecule has 12 heavy (non-hydrogen) atoms. The summed E-state index contributed by atoms with van der Waals surface area (Å²) in [7, 11) is 0. The molecule has 1 heterocycles. The Labute approximate surface area is 74.0 Å². The number of aromatic nitrogens is 2. The van der Waals surface area contributed by atoms with Gasteiger partial charge in [-0.15, -0.1) is 11.6 Å². The van der Waals surface area contributed by atoms with Gasteiger partial charge in [0.25, 0.3) is 5.56 Å². The van der Waals surface area contributed by atoms with E-state index in [-0.39, 0.29) is 12.1 Å². The minimum Gasteiger partial charge on any atom is -0.310 e. The minimum atomic E-state index is -0.676. The lowest BCUT2D eigenvalue weighted by atomic mass is 10.4. The second-order valence-electron chi connectivity index (χ2n) is 2.16. The van der Waals surface area contributed by atoms with Crippen LogP contribution in [-0.2, 0) is 6.54 Å². The van der Waals surface area contributed by atoms with E-state index >= 15 is 0 Å². The lowest BCUT2D eigenvalue weighted by Crippen LogP contribution is -2.22. The first kappa shape index (κ1) is 8.75. The Bertz CT molecular complexity index is 354. The van der Waals surface area contributed by atoms with Crippen LogP contribution in [0.25, 0.3) is 0 Å². The van der Waals surface area contributed by atoms with Crippen molar-refractivity contribution in [1.29, 1.82) is 5.26 Å².